The summed E-state index contributed by atoms with van der Waals surface area (Å²) in [6.45, 7) is 0. The smallest absolute Gasteiger partial charge is 0.142 e. The van der Waals surface area contributed by atoms with E-state index in [0.717, 1.165) is 10.9 Å². The van der Waals surface area contributed by atoms with Crippen molar-refractivity contribution in [2.24, 2.45) is 0 Å². The molecule has 1 heterocycles. The molecular formula is C10H5ClFNS. The molecule has 70 valence electrons. The summed E-state index contributed by atoms with van der Waals surface area (Å²) >= 11 is 7.04. The predicted octanol–water partition coefficient (Wildman–Crippen LogP) is 3.76. The Bertz CT molecular complexity index is 527. The van der Waals surface area contributed by atoms with Crippen LogP contribution in [0.2, 0.25) is 5.02 Å². The predicted molar refractivity (Wildman–Crippen MR) is 56.1 cm³/mol. The fourth-order valence-corrected chi connectivity index (χ4v) is 2.50. The van der Waals surface area contributed by atoms with Gasteiger partial charge in [0, 0.05) is 10.4 Å². The molecule has 0 aliphatic heterocycles. The molecule has 0 unspecified atom stereocenters. The van der Waals surface area contributed by atoms with E-state index in [1.807, 2.05) is 6.07 Å². The maximum absolute atomic E-state index is 13.3. The summed E-state index contributed by atoms with van der Waals surface area (Å²) in [5.74, 6) is -0.318. The maximum atomic E-state index is 13.3. The molecule has 1 aromatic carbocycles. The van der Waals surface area contributed by atoms with Crippen molar-refractivity contribution in [2.75, 3.05) is 0 Å². The number of rotatable bonds is 1. The number of thiophene rings is 1. The Morgan fingerprint density at radius 2 is 2.29 bits per heavy atom. The van der Waals surface area contributed by atoms with Crippen LogP contribution in [0.3, 0.4) is 0 Å². The van der Waals surface area contributed by atoms with Crippen LogP contribution < -0.4 is 0 Å². The summed E-state index contributed by atoms with van der Waals surface area (Å²) in [5, 5.41) is 11.5. The first-order valence-corrected chi connectivity index (χ1v) is 5.20. The zero-order valence-electron chi connectivity index (χ0n) is 7.05. The largest absolute Gasteiger partial charge is 0.205 e. The van der Waals surface area contributed by atoms with Crippen molar-refractivity contribution >= 4 is 33.0 Å². The molecular weight excluding hydrogens is 221 g/mol. The normalized spacial score (nSPS) is 10.4. The first kappa shape index (κ1) is 9.45. The Morgan fingerprint density at radius 3 is 3.00 bits per heavy atom. The molecule has 0 fully saturated rings. The van der Waals surface area contributed by atoms with E-state index in [4.69, 9.17) is 16.9 Å². The molecule has 4 heteroatoms. The highest BCUT2D eigenvalue weighted by Crippen LogP contribution is 2.31. The molecule has 1 aromatic heterocycles. The Morgan fingerprint density at radius 1 is 1.50 bits per heavy atom. The SMILES string of the molecule is N#CCc1csc2c(F)cc(Cl)cc12. The van der Waals surface area contributed by atoms with Crippen LogP contribution in [0, 0.1) is 17.1 Å². The number of fused-ring (bicyclic) bond motifs is 1. The Labute approximate surface area is 89.3 Å². The molecule has 14 heavy (non-hydrogen) atoms. The van der Waals surface area contributed by atoms with Crippen molar-refractivity contribution in [1.82, 2.24) is 0 Å². The molecule has 2 rings (SSSR count). The van der Waals surface area contributed by atoms with Crippen molar-refractivity contribution in [2.45, 2.75) is 6.42 Å². The van der Waals surface area contributed by atoms with Crippen LogP contribution in [0.1, 0.15) is 5.56 Å². The molecule has 0 atom stereocenters. The van der Waals surface area contributed by atoms with E-state index < -0.39 is 0 Å². The highest BCUT2D eigenvalue weighted by molar-refractivity contribution is 7.17. The third kappa shape index (κ3) is 1.47. The Kier molecular flexibility index (Phi) is 2.40. The Balaban J connectivity index is 2.73. The third-order valence-corrected chi connectivity index (χ3v) is 3.21. The van der Waals surface area contributed by atoms with E-state index in [2.05, 4.69) is 0 Å². The van der Waals surface area contributed by atoms with E-state index in [1.54, 1.807) is 11.4 Å². The van der Waals surface area contributed by atoms with Gasteiger partial charge in [-0.1, -0.05) is 11.6 Å². The van der Waals surface area contributed by atoms with Crippen molar-refractivity contribution in [1.29, 1.82) is 5.26 Å². The van der Waals surface area contributed by atoms with Gasteiger partial charge in [-0.15, -0.1) is 11.3 Å². The van der Waals surface area contributed by atoms with Gasteiger partial charge in [0.2, 0.25) is 0 Å². The van der Waals surface area contributed by atoms with Gasteiger partial charge >= 0.3 is 0 Å². The van der Waals surface area contributed by atoms with E-state index in [9.17, 15) is 4.39 Å². The van der Waals surface area contributed by atoms with E-state index in [1.165, 1.54) is 17.4 Å². The van der Waals surface area contributed by atoms with Gasteiger partial charge in [-0.05, 0) is 23.1 Å². The van der Waals surface area contributed by atoms with Gasteiger partial charge in [0.1, 0.15) is 5.82 Å². The fraction of sp³-hybridized carbons (Fsp3) is 0.100. The number of nitrogens with zero attached hydrogens (tertiary/aromatic N) is 1. The zero-order chi connectivity index (χ0) is 10.1. The lowest BCUT2D eigenvalue weighted by atomic mass is 10.1. The van der Waals surface area contributed by atoms with E-state index >= 15 is 0 Å². The Hall–Kier alpha value is -1.11. The van der Waals surface area contributed by atoms with Crippen molar-refractivity contribution < 1.29 is 4.39 Å². The van der Waals surface area contributed by atoms with Crippen LogP contribution in [-0.2, 0) is 6.42 Å². The number of hydrogen-bond acceptors (Lipinski definition) is 2. The van der Waals surface area contributed by atoms with Crippen LogP contribution in [0.25, 0.3) is 10.1 Å². The molecule has 0 amide bonds. The minimum atomic E-state index is -0.318. The van der Waals surface area contributed by atoms with Crippen LogP contribution in [0.4, 0.5) is 4.39 Å². The molecule has 0 aliphatic carbocycles. The molecule has 0 spiro atoms. The van der Waals surface area contributed by atoms with Crippen LogP contribution >= 0.6 is 22.9 Å². The van der Waals surface area contributed by atoms with E-state index in [-0.39, 0.29) is 5.82 Å². The number of halogens is 2. The average Bonchev–Trinajstić information content (AvgIpc) is 2.49. The average molecular weight is 226 g/mol. The second-order valence-electron chi connectivity index (χ2n) is 2.86. The fourth-order valence-electron chi connectivity index (χ4n) is 1.33. The summed E-state index contributed by atoms with van der Waals surface area (Å²) in [6.07, 6.45) is 0.291. The topological polar surface area (TPSA) is 23.8 Å². The number of benzene rings is 1. The highest BCUT2D eigenvalue weighted by atomic mass is 35.5. The van der Waals surface area contributed by atoms with Gasteiger partial charge in [0.25, 0.3) is 0 Å². The summed E-state index contributed by atoms with van der Waals surface area (Å²) in [7, 11) is 0. The molecule has 0 N–H and O–H groups in total. The van der Waals surface area contributed by atoms with Crippen molar-refractivity contribution in [3.63, 3.8) is 0 Å². The van der Waals surface area contributed by atoms with Gasteiger partial charge in [-0.3, -0.25) is 0 Å². The quantitative estimate of drug-likeness (QED) is 0.725. The van der Waals surface area contributed by atoms with Gasteiger partial charge in [0.15, 0.2) is 0 Å². The van der Waals surface area contributed by atoms with Crippen molar-refractivity contribution in [3.8, 4) is 6.07 Å². The number of hydrogen-bond donors (Lipinski definition) is 0. The van der Waals surface area contributed by atoms with Crippen molar-refractivity contribution in [3.05, 3.63) is 33.9 Å². The monoisotopic (exact) mass is 225 g/mol. The van der Waals surface area contributed by atoms with Gasteiger partial charge in [0.05, 0.1) is 17.2 Å². The van der Waals surface area contributed by atoms with Gasteiger partial charge in [-0.2, -0.15) is 5.26 Å². The lowest BCUT2D eigenvalue weighted by Crippen LogP contribution is -1.80. The first-order chi connectivity index (χ1) is 6.72. The van der Waals surface area contributed by atoms with Crippen LogP contribution in [0.15, 0.2) is 17.5 Å². The maximum Gasteiger partial charge on any atom is 0.142 e. The summed E-state index contributed by atoms with van der Waals surface area (Å²) in [5.41, 5.74) is 0.842. The zero-order valence-corrected chi connectivity index (χ0v) is 8.62. The lowest BCUT2D eigenvalue weighted by molar-refractivity contribution is 0.642. The summed E-state index contributed by atoms with van der Waals surface area (Å²) in [6, 6.07) is 5.03. The minimum absolute atomic E-state index is 0.291. The molecule has 0 bridgehead atoms. The second kappa shape index (κ2) is 3.56. The molecule has 0 saturated carbocycles. The highest BCUT2D eigenvalue weighted by Gasteiger charge is 2.09. The number of nitriles is 1. The third-order valence-electron chi connectivity index (χ3n) is 1.94. The molecule has 0 saturated heterocycles. The molecule has 1 nitrogen and oxygen atoms in total. The first-order valence-electron chi connectivity index (χ1n) is 3.94. The minimum Gasteiger partial charge on any atom is -0.205 e. The molecule has 0 aliphatic rings. The second-order valence-corrected chi connectivity index (χ2v) is 4.18. The molecule has 0 radical (unpaired) electrons. The molecule has 2 aromatic rings. The van der Waals surface area contributed by atoms with Crippen LogP contribution in [-0.4, -0.2) is 0 Å². The summed E-state index contributed by atoms with van der Waals surface area (Å²) in [4.78, 5) is 0. The lowest BCUT2D eigenvalue weighted by Gasteiger charge is -1.95. The van der Waals surface area contributed by atoms with Gasteiger partial charge in [-0.25, -0.2) is 4.39 Å². The summed E-state index contributed by atoms with van der Waals surface area (Å²) < 4.78 is 13.9. The van der Waals surface area contributed by atoms with Gasteiger partial charge < -0.3 is 0 Å². The van der Waals surface area contributed by atoms with E-state index in [0.29, 0.717) is 16.1 Å². The standard InChI is InChI=1S/C10H5ClFNS/c11-7-3-8-6(1-2-13)5-14-10(8)9(12)4-7/h3-5H,1H2. The van der Waals surface area contributed by atoms with Crippen LogP contribution in [0.5, 0.6) is 0 Å².